The van der Waals surface area contributed by atoms with Crippen molar-refractivity contribution in [3.05, 3.63) is 22.4 Å². The first-order valence-electron chi connectivity index (χ1n) is 6.02. The van der Waals surface area contributed by atoms with E-state index in [4.69, 9.17) is 5.73 Å². The molecular formula is C12H19N3OS. The van der Waals surface area contributed by atoms with Gasteiger partial charge in [-0.3, -0.25) is 4.79 Å². The first-order chi connectivity index (χ1) is 8.22. The van der Waals surface area contributed by atoms with E-state index in [1.165, 1.54) is 0 Å². The molecular weight excluding hydrogens is 234 g/mol. The summed E-state index contributed by atoms with van der Waals surface area (Å²) in [6, 6.07) is 3.38. The Kier molecular flexibility index (Phi) is 4.15. The molecule has 1 atom stereocenters. The summed E-state index contributed by atoms with van der Waals surface area (Å²) in [4.78, 5) is 17.4. The molecule has 0 saturated carbocycles. The van der Waals surface area contributed by atoms with Crippen LogP contribution >= 0.6 is 11.3 Å². The number of carbonyl (C=O) groups excluding carboxylic acids is 1. The maximum atomic E-state index is 12.2. The average Bonchev–Trinajstić information content (AvgIpc) is 2.91. The highest BCUT2D eigenvalue weighted by Gasteiger charge is 2.25. The van der Waals surface area contributed by atoms with Gasteiger partial charge in [-0.25, -0.2) is 0 Å². The second kappa shape index (κ2) is 5.62. The Morgan fingerprint density at radius 2 is 2.18 bits per heavy atom. The Labute approximate surface area is 106 Å². The minimum Gasteiger partial charge on any atom is -0.338 e. The molecule has 0 spiro atoms. The fraction of sp³-hybridized carbons (Fsp3) is 0.583. The van der Waals surface area contributed by atoms with Crippen LogP contribution in [0, 0.1) is 0 Å². The largest absolute Gasteiger partial charge is 0.338 e. The number of likely N-dealkylation sites (N-methyl/N-ethyl adjacent to an activating group) is 1. The Morgan fingerprint density at radius 3 is 2.71 bits per heavy atom. The number of carbonyl (C=O) groups is 1. The zero-order chi connectivity index (χ0) is 12.3. The number of amides is 1. The van der Waals surface area contributed by atoms with Crippen molar-refractivity contribution in [2.45, 2.75) is 13.0 Å². The van der Waals surface area contributed by atoms with Crippen LogP contribution in [-0.2, 0) is 4.79 Å². The quantitative estimate of drug-likeness (QED) is 0.871. The standard InChI is InChI=1S/C12H19N3OS/c1-2-14-5-7-15(8-6-14)12(16)11(13)10-4-3-9-17-10/h3-4,9,11H,2,5-8,13H2,1H3. The lowest BCUT2D eigenvalue weighted by molar-refractivity contribution is -0.134. The normalized spacial score (nSPS) is 19.3. The minimum absolute atomic E-state index is 0.0585. The molecule has 0 aliphatic carbocycles. The monoisotopic (exact) mass is 253 g/mol. The summed E-state index contributed by atoms with van der Waals surface area (Å²) in [7, 11) is 0. The van der Waals surface area contributed by atoms with Gasteiger partial charge in [0.1, 0.15) is 6.04 Å². The van der Waals surface area contributed by atoms with E-state index >= 15 is 0 Å². The molecule has 2 N–H and O–H groups in total. The summed E-state index contributed by atoms with van der Waals surface area (Å²) in [5.41, 5.74) is 5.99. The Bertz CT molecular complexity index is 358. The first kappa shape index (κ1) is 12.5. The summed E-state index contributed by atoms with van der Waals surface area (Å²) in [6.07, 6.45) is 0. The van der Waals surface area contributed by atoms with E-state index in [1.807, 2.05) is 22.4 Å². The molecule has 17 heavy (non-hydrogen) atoms. The zero-order valence-electron chi connectivity index (χ0n) is 10.1. The first-order valence-corrected chi connectivity index (χ1v) is 6.90. The van der Waals surface area contributed by atoms with Gasteiger partial charge >= 0.3 is 0 Å². The van der Waals surface area contributed by atoms with Crippen molar-refractivity contribution < 1.29 is 4.79 Å². The number of hydrogen-bond acceptors (Lipinski definition) is 4. The molecule has 1 aliphatic rings. The number of piperazine rings is 1. The molecule has 0 aromatic carbocycles. The van der Waals surface area contributed by atoms with Crippen molar-refractivity contribution in [2.24, 2.45) is 5.73 Å². The Hall–Kier alpha value is -0.910. The lowest BCUT2D eigenvalue weighted by atomic mass is 10.2. The third kappa shape index (κ3) is 2.86. The number of thiophene rings is 1. The molecule has 5 heteroatoms. The van der Waals surface area contributed by atoms with Gasteiger partial charge in [-0.1, -0.05) is 13.0 Å². The van der Waals surface area contributed by atoms with E-state index in [9.17, 15) is 4.79 Å². The molecule has 2 rings (SSSR count). The smallest absolute Gasteiger partial charge is 0.245 e. The van der Waals surface area contributed by atoms with Crippen LogP contribution < -0.4 is 5.73 Å². The van der Waals surface area contributed by atoms with Gasteiger partial charge in [-0.15, -0.1) is 11.3 Å². The second-order valence-corrected chi connectivity index (χ2v) is 5.23. The molecule has 1 saturated heterocycles. The van der Waals surface area contributed by atoms with Gasteiger partial charge in [0.25, 0.3) is 0 Å². The Balaban J connectivity index is 1.93. The number of hydrogen-bond donors (Lipinski definition) is 1. The molecule has 1 fully saturated rings. The predicted octanol–water partition coefficient (Wildman–Crippen LogP) is 0.912. The highest BCUT2D eigenvalue weighted by atomic mass is 32.1. The van der Waals surface area contributed by atoms with E-state index < -0.39 is 6.04 Å². The van der Waals surface area contributed by atoms with Gasteiger partial charge < -0.3 is 15.5 Å². The van der Waals surface area contributed by atoms with Crippen LogP contribution in [0.15, 0.2) is 17.5 Å². The average molecular weight is 253 g/mol. The summed E-state index contributed by atoms with van der Waals surface area (Å²) in [6.45, 7) is 6.71. The lowest BCUT2D eigenvalue weighted by Crippen LogP contribution is -2.50. The van der Waals surface area contributed by atoms with Crippen LogP contribution in [-0.4, -0.2) is 48.4 Å². The SMILES string of the molecule is CCN1CCN(C(=O)C(N)c2cccs2)CC1. The fourth-order valence-electron chi connectivity index (χ4n) is 2.07. The zero-order valence-corrected chi connectivity index (χ0v) is 10.9. The second-order valence-electron chi connectivity index (χ2n) is 4.25. The molecule has 4 nitrogen and oxygen atoms in total. The highest BCUT2D eigenvalue weighted by Crippen LogP contribution is 2.19. The van der Waals surface area contributed by atoms with Gasteiger partial charge in [-0.2, -0.15) is 0 Å². The molecule has 1 amide bonds. The fourth-order valence-corrected chi connectivity index (χ4v) is 2.79. The molecule has 1 unspecified atom stereocenters. The van der Waals surface area contributed by atoms with Crippen LogP contribution in [0.1, 0.15) is 17.8 Å². The molecule has 1 aliphatic heterocycles. The summed E-state index contributed by atoms with van der Waals surface area (Å²) in [5.74, 6) is 0.0585. The van der Waals surface area contributed by atoms with Gasteiger partial charge in [-0.05, 0) is 18.0 Å². The van der Waals surface area contributed by atoms with Crippen molar-refractivity contribution in [2.75, 3.05) is 32.7 Å². The third-order valence-corrected chi connectivity index (χ3v) is 4.20. The van der Waals surface area contributed by atoms with Gasteiger partial charge in [0, 0.05) is 31.1 Å². The van der Waals surface area contributed by atoms with Crippen molar-refractivity contribution in [3.8, 4) is 0 Å². The minimum atomic E-state index is -0.483. The van der Waals surface area contributed by atoms with Crippen molar-refractivity contribution in [1.82, 2.24) is 9.80 Å². The summed E-state index contributed by atoms with van der Waals surface area (Å²) < 4.78 is 0. The van der Waals surface area contributed by atoms with Crippen molar-refractivity contribution in [3.63, 3.8) is 0 Å². The molecule has 0 bridgehead atoms. The van der Waals surface area contributed by atoms with Crippen LogP contribution in [0.2, 0.25) is 0 Å². The van der Waals surface area contributed by atoms with Gasteiger partial charge in [0.05, 0.1) is 0 Å². The maximum absolute atomic E-state index is 12.2. The van der Waals surface area contributed by atoms with E-state index in [0.717, 1.165) is 37.6 Å². The van der Waals surface area contributed by atoms with Crippen LogP contribution in [0.25, 0.3) is 0 Å². The number of rotatable bonds is 3. The Morgan fingerprint density at radius 1 is 1.47 bits per heavy atom. The van der Waals surface area contributed by atoms with E-state index in [0.29, 0.717) is 0 Å². The van der Waals surface area contributed by atoms with E-state index in [2.05, 4.69) is 11.8 Å². The maximum Gasteiger partial charge on any atom is 0.245 e. The van der Waals surface area contributed by atoms with Crippen LogP contribution in [0.4, 0.5) is 0 Å². The van der Waals surface area contributed by atoms with Crippen LogP contribution in [0.3, 0.4) is 0 Å². The van der Waals surface area contributed by atoms with Crippen molar-refractivity contribution in [1.29, 1.82) is 0 Å². The topological polar surface area (TPSA) is 49.6 Å². The summed E-state index contributed by atoms with van der Waals surface area (Å²) in [5, 5.41) is 1.96. The summed E-state index contributed by atoms with van der Waals surface area (Å²) >= 11 is 1.55. The van der Waals surface area contributed by atoms with Gasteiger partial charge in [0.2, 0.25) is 5.91 Å². The predicted molar refractivity (Wildman–Crippen MR) is 69.9 cm³/mol. The number of nitrogens with zero attached hydrogens (tertiary/aromatic N) is 2. The van der Waals surface area contributed by atoms with Gasteiger partial charge in [0.15, 0.2) is 0 Å². The van der Waals surface area contributed by atoms with E-state index in [-0.39, 0.29) is 5.91 Å². The third-order valence-electron chi connectivity index (χ3n) is 3.25. The van der Waals surface area contributed by atoms with E-state index in [1.54, 1.807) is 11.3 Å². The molecule has 2 heterocycles. The molecule has 1 aromatic heterocycles. The molecule has 94 valence electrons. The van der Waals surface area contributed by atoms with Crippen molar-refractivity contribution >= 4 is 17.2 Å². The number of nitrogens with two attached hydrogens (primary N) is 1. The molecule has 1 aromatic rings. The highest BCUT2D eigenvalue weighted by molar-refractivity contribution is 7.10. The van der Waals surface area contributed by atoms with Crippen LogP contribution in [0.5, 0.6) is 0 Å². The molecule has 0 radical (unpaired) electrons. The lowest BCUT2D eigenvalue weighted by Gasteiger charge is -2.35.